The van der Waals surface area contributed by atoms with E-state index in [1.54, 1.807) is 16.9 Å². The number of ether oxygens (including phenoxy) is 1. The molecule has 3 amide bonds. The minimum Gasteiger partial charge on any atom is -0.383 e. The molecule has 130 valence electrons. The van der Waals surface area contributed by atoms with Crippen LogP contribution in [0.4, 0.5) is 0 Å². The molecule has 0 spiro atoms. The lowest BCUT2D eigenvalue weighted by molar-refractivity contribution is -0.150. The topological polar surface area (TPSA) is 70.2 Å². The van der Waals surface area contributed by atoms with Crippen LogP contribution >= 0.6 is 0 Å². The molecular formula is C16H27N3O4. The molecule has 0 aromatic heterocycles. The van der Waals surface area contributed by atoms with Crippen LogP contribution in [0.25, 0.3) is 0 Å². The molecule has 7 nitrogen and oxygen atoms in total. The number of rotatable bonds is 6. The van der Waals surface area contributed by atoms with Gasteiger partial charge in [0.25, 0.3) is 0 Å². The van der Waals surface area contributed by atoms with E-state index in [1.807, 2.05) is 11.8 Å². The van der Waals surface area contributed by atoms with Gasteiger partial charge in [-0.15, -0.1) is 0 Å². The molecule has 2 saturated heterocycles. The lowest BCUT2D eigenvalue weighted by atomic mass is 9.95. The maximum atomic E-state index is 12.7. The first-order chi connectivity index (χ1) is 11.1. The number of hydrogen-bond donors (Lipinski definition) is 0. The summed E-state index contributed by atoms with van der Waals surface area (Å²) in [5.74, 6) is -0.0935. The van der Waals surface area contributed by atoms with E-state index in [2.05, 4.69) is 0 Å². The third-order valence-corrected chi connectivity index (χ3v) is 4.54. The molecule has 1 unspecified atom stereocenters. The first-order valence-corrected chi connectivity index (χ1v) is 8.40. The number of likely N-dealkylation sites (tertiary alicyclic amines) is 1. The molecule has 1 atom stereocenters. The number of piperazine rings is 1. The summed E-state index contributed by atoms with van der Waals surface area (Å²) >= 11 is 0. The minimum absolute atomic E-state index is 0.00409. The van der Waals surface area contributed by atoms with Crippen LogP contribution in [0.5, 0.6) is 0 Å². The van der Waals surface area contributed by atoms with Crippen molar-refractivity contribution in [2.75, 3.05) is 53.0 Å². The van der Waals surface area contributed by atoms with E-state index in [-0.39, 0.29) is 30.2 Å². The molecule has 0 saturated carbocycles. The summed E-state index contributed by atoms with van der Waals surface area (Å²) in [4.78, 5) is 41.8. The molecule has 2 fully saturated rings. The van der Waals surface area contributed by atoms with Crippen molar-refractivity contribution in [1.29, 1.82) is 0 Å². The smallest absolute Gasteiger partial charge is 0.242 e. The van der Waals surface area contributed by atoms with E-state index in [1.165, 1.54) is 0 Å². The Morgan fingerprint density at radius 3 is 2.61 bits per heavy atom. The third kappa shape index (κ3) is 4.43. The van der Waals surface area contributed by atoms with Gasteiger partial charge in [-0.25, -0.2) is 0 Å². The molecule has 0 radical (unpaired) electrons. The SMILES string of the molecule is CCCN1CCN(C(=O)C2CCC(=O)N(CCOC)C2)CC1=O. The number of hydrogen-bond acceptors (Lipinski definition) is 4. The van der Waals surface area contributed by atoms with Crippen molar-refractivity contribution < 1.29 is 19.1 Å². The van der Waals surface area contributed by atoms with Crippen LogP contribution in [-0.2, 0) is 19.1 Å². The fraction of sp³-hybridized carbons (Fsp3) is 0.812. The van der Waals surface area contributed by atoms with Gasteiger partial charge in [-0.3, -0.25) is 14.4 Å². The van der Waals surface area contributed by atoms with Crippen molar-refractivity contribution in [2.45, 2.75) is 26.2 Å². The fourth-order valence-corrected chi connectivity index (χ4v) is 3.20. The Balaban J connectivity index is 1.90. The molecule has 2 aliphatic heterocycles. The van der Waals surface area contributed by atoms with Crippen LogP contribution in [0.1, 0.15) is 26.2 Å². The lowest BCUT2D eigenvalue weighted by Crippen LogP contribution is -2.55. The largest absolute Gasteiger partial charge is 0.383 e. The van der Waals surface area contributed by atoms with Gasteiger partial charge in [0, 0.05) is 46.3 Å². The molecule has 2 aliphatic rings. The summed E-state index contributed by atoms with van der Waals surface area (Å²) in [6, 6.07) is 0. The van der Waals surface area contributed by atoms with Crippen LogP contribution in [-0.4, -0.2) is 85.4 Å². The summed E-state index contributed by atoms with van der Waals surface area (Å²) in [5, 5.41) is 0. The Bertz CT molecular complexity index is 455. The zero-order valence-electron chi connectivity index (χ0n) is 14.1. The van der Waals surface area contributed by atoms with Crippen molar-refractivity contribution in [3.8, 4) is 0 Å². The maximum Gasteiger partial charge on any atom is 0.242 e. The highest BCUT2D eigenvalue weighted by atomic mass is 16.5. The standard InChI is InChI=1S/C16H27N3O4/c1-3-6-17-7-8-19(12-15(17)21)16(22)13-4-5-14(20)18(11-13)9-10-23-2/h13H,3-12H2,1-2H3. The van der Waals surface area contributed by atoms with Crippen LogP contribution < -0.4 is 0 Å². The second-order valence-electron chi connectivity index (χ2n) is 6.21. The highest BCUT2D eigenvalue weighted by molar-refractivity contribution is 5.88. The first-order valence-electron chi connectivity index (χ1n) is 8.40. The second kappa shape index (κ2) is 8.29. The highest BCUT2D eigenvalue weighted by Gasteiger charge is 2.35. The second-order valence-corrected chi connectivity index (χ2v) is 6.21. The monoisotopic (exact) mass is 325 g/mol. The highest BCUT2D eigenvalue weighted by Crippen LogP contribution is 2.20. The van der Waals surface area contributed by atoms with Gasteiger partial charge in [-0.1, -0.05) is 6.92 Å². The first kappa shape index (κ1) is 17.7. The van der Waals surface area contributed by atoms with Gasteiger partial charge in [0.15, 0.2) is 0 Å². The number of amides is 3. The van der Waals surface area contributed by atoms with Gasteiger partial charge in [-0.2, -0.15) is 0 Å². The predicted octanol–water partition coefficient (Wildman–Crippen LogP) is -0.0478. The number of piperidine rings is 1. The molecule has 2 rings (SSSR count). The van der Waals surface area contributed by atoms with Crippen molar-refractivity contribution in [3.63, 3.8) is 0 Å². The Morgan fingerprint density at radius 2 is 1.96 bits per heavy atom. The van der Waals surface area contributed by atoms with E-state index in [4.69, 9.17) is 4.74 Å². The summed E-state index contributed by atoms with van der Waals surface area (Å²) < 4.78 is 5.01. The van der Waals surface area contributed by atoms with E-state index >= 15 is 0 Å². The zero-order valence-corrected chi connectivity index (χ0v) is 14.1. The minimum atomic E-state index is -0.199. The van der Waals surface area contributed by atoms with Gasteiger partial charge < -0.3 is 19.4 Å². The Hall–Kier alpha value is -1.63. The quantitative estimate of drug-likeness (QED) is 0.687. The summed E-state index contributed by atoms with van der Waals surface area (Å²) in [6.07, 6.45) is 1.90. The van der Waals surface area contributed by atoms with E-state index in [0.717, 1.165) is 13.0 Å². The van der Waals surface area contributed by atoms with E-state index in [0.29, 0.717) is 45.6 Å². The fourth-order valence-electron chi connectivity index (χ4n) is 3.20. The van der Waals surface area contributed by atoms with Gasteiger partial charge in [0.1, 0.15) is 0 Å². The molecule has 0 aromatic carbocycles. The van der Waals surface area contributed by atoms with Gasteiger partial charge in [0.05, 0.1) is 19.1 Å². The Morgan fingerprint density at radius 1 is 1.17 bits per heavy atom. The third-order valence-electron chi connectivity index (χ3n) is 4.54. The van der Waals surface area contributed by atoms with Crippen LogP contribution in [0, 0.1) is 5.92 Å². The van der Waals surface area contributed by atoms with E-state index < -0.39 is 0 Å². The van der Waals surface area contributed by atoms with Crippen LogP contribution in [0.2, 0.25) is 0 Å². The molecule has 0 N–H and O–H groups in total. The zero-order chi connectivity index (χ0) is 16.8. The molecule has 23 heavy (non-hydrogen) atoms. The van der Waals surface area contributed by atoms with Crippen molar-refractivity contribution in [2.24, 2.45) is 5.92 Å². The molecule has 0 aliphatic carbocycles. The van der Waals surface area contributed by atoms with Gasteiger partial charge in [-0.05, 0) is 12.8 Å². The summed E-state index contributed by atoms with van der Waals surface area (Å²) in [6.45, 7) is 5.58. The maximum absolute atomic E-state index is 12.7. The molecular weight excluding hydrogens is 298 g/mol. The van der Waals surface area contributed by atoms with Crippen molar-refractivity contribution in [1.82, 2.24) is 14.7 Å². The average Bonchev–Trinajstić information content (AvgIpc) is 2.55. The van der Waals surface area contributed by atoms with Crippen molar-refractivity contribution in [3.05, 3.63) is 0 Å². The number of carbonyl (C=O) groups is 3. The number of carbonyl (C=O) groups excluding carboxylic acids is 3. The number of nitrogens with zero attached hydrogens (tertiary/aromatic N) is 3. The van der Waals surface area contributed by atoms with E-state index in [9.17, 15) is 14.4 Å². The summed E-state index contributed by atoms with van der Waals surface area (Å²) in [5.41, 5.74) is 0. The lowest BCUT2D eigenvalue weighted by Gasteiger charge is -2.38. The molecule has 0 aromatic rings. The van der Waals surface area contributed by atoms with Crippen molar-refractivity contribution >= 4 is 17.7 Å². The Labute approximate surface area is 137 Å². The average molecular weight is 325 g/mol. The summed E-state index contributed by atoms with van der Waals surface area (Å²) in [7, 11) is 1.60. The van der Waals surface area contributed by atoms with Crippen LogP contribution in [0.3, 0.4) is 0 Å². The Kier molecular flexibility index (Phi) is 6.38. The normalized spacial score (nSPS) is 22.7. The van der Waals surface area contributed by atoms with Gasteiger partial charge >= 0.3 is 0 Å². The van der Waals surface area contributed by atoms with Crippen LogP contribution in [0.15, 0.2) is 0 Å². The predicted molar refractivity (Wildman–Crippen MR) is 84.6 cm³/mol. The molecule has 0 bridgehead atoms. The molecule has 7 heteroatoms. The molecule has 2 heterocycles. The van der Waals surface area contributed by atoms with Gasteiger partial charge in [0.2, 0.25) is 17.7 Å². The number of methoxy groups -OCH3 is 1.